The molecule has 0 saturated heterocycles. The third kappa shape index (κ3) is 7.14. The van der Waals surface area contributed by atoms with Crippen LogP contribution in [0.3, 0.4) is 0 Å². The topological polar surface area (TPSA) is 56.7 Å². The van der Waals surface area contributed by atoms with E-state index in [1.54, 1.807) is 0 Å². The van der Waals surface area contributed by atoms with E-state index in [-0.39, 0.29) is 5.91 Å². The molecule has 0 rings (SSSR count). The van der Waals surface area contributed by atoms with Gasteiger partial charge in [0.05, 0.1) is 6.54 Å². The van der Waals surface area contributed by atoms with E-state index in [0.717, 1.165) is 25.6 Å². The van der Waals surface area contributed by atoms with Gasteiger partial charge in [-0.15, -0.1) is 0 Å². The molecule has 0 radical (unpaired) electrons. The Hall–Kier alpha value is -1.26. The predicted octanol–water partition coefficient (Wildman–Crippen LogP) is 1.21. The molecule has 0 atom stereocenters. The van der Waals surface area contributed by atoms with E-state index in [1.165, 1.54) is 0 Å². The normalized spacial score (nSPS) is 11.6. The lowest BCUT2D eigenvalue weighted by Crippen LogP contribution is -2.41. The Morgan fingerprint density at radius 1 is 1.22 bits per heavy atom. The minimum atomic E-state index is 0.171. The van der Waals surface area contributed by atoms with E-state index in [9.17, 15) is 4.79 Å². The lowest BCUT2D eigenvalue weighted by molar-refractivity contribution is -0.130. The van der Waals surface area contributed by atoms with Gasteiger partial charge in [0.1, 0.15) is 0 Å². The van der Waals surface area contributed by atoms with Gasteiger partial charge in [0.25, 0.3) is 0 Å². The van der Waals surface area contributed by atoms with Gasteiger partial charge in [0.2, 0.25) is 5.91 Å². The molecule has 0 heterocycles. The molecule has 5 heteroatoms. The molecule has 0 aromatic carbocycles. The zero-order valence-electron chi connectivity index (χ0n) is 12.4. The molecular weight excluding hydrogens is 228 g/mol. The number of amides is 1. The summed E-state index contributed by atoms with van der Waals surface area (Å²) in [5.74, 6) is 0.948. The molecule has 0 saturated carbocycles. The van der Waals surface area contributed by atoms with Gasteiger partial charge in [0, 0.05) is 32.1 Å². The van der Waals surface area contributed by atoms with Gasteiger partial charge < -0.3 is 15.5 Å². The van der Waals surface area contributed by atoms with Gasteiger partial charge in [0.15, 0.2) is 5.96 Å². The molecule has 18 heavy (non-hydrogen) atoms. The Labute approximate surface area is 111 Å². The van der Waals surface area contributed by atoms with Crippen molar-refractivity contribution in [2.24, 2.45) is 4.99 Å². The van der Waals surface area contributed by atoms with Gasteiger partial charge in [-0.1, -0.05) is 0 Å². The summed E-state index contributed by atoms with van der Waals surface area (Å²) in [6.45, 7) is 13.0. The van der Waals surface area contributed by atoms with Crippen molar-refractivity contribution in [3.05, 3.63) is 0 Å². The zero-order valence-corrected chi connectivity index (χ0v) is 12.4. The number of rotatable bonds is 7. The van der Waals surface area contributed by atoms with Gasteiger partial charge in [-0.3, -0.25) is 9.79 Å². The summed E-state index contributed by atoms with van der Waals surface area (Å²) < 4.78 is 0. The fraction of sp³-hybridized carbons (Fsp3) is 0.846. The largest absolute Gasteiger partial charge is 0.357 e. The van der Waals surface area contributed by atoms with Crippen LogP contribution in [0, 0.1) is 0 Å². The van der Waals surface area contributed by atoms with Crippen LogP contribution in [-0.4, -0.2) is 49.0 Å². The Kier molecular flexibility index (Phi) is 9.06. The number of carbonyl (C=O) groups excluding carboxylic acids is 1. The summed E-state index contributed by atoms with van der Waals surface area (Å²) in [6.07, 6.45) is 0.469. The second-order valence-electron chi connectivity index (χ2n) is 4.38. The van der Waals surface area contributed by atoms with Gasteiger partial charge >= 0.3 is 0 Å². The summed E-state index contributed by atoms with van der Waals surface area (Å²) >= 11 is 0. The van der Waals surface area contributed by atoms with E-state index in [2.05, 4.69) is 29.5 Å². The number of carbonyl (C=O) groups is 1. The van der Waals surface area contributed by atoms with Crippen molar-refractivity contribution < 1.29 is 4.79 Å². The average molecular weight is 256 g/mol. The molecule has 0 aromatic heterocycles. The quantitative estimate of drug-likeness (QED) is 0.532. The molecule has 5 nitrogen and oxygen atoms in total. The van der Waals surface area contributed by atoms with Crippen molar-refractivity contribution in [3.63, 3.8) is 0 Å². The summed E-state index contributed by atoms with van der Waals surface area (Å²) in [5, 5.41) is 6.38. The van der Waals surface area contributed by atoms with Crippen LogP contribution in [0.15, 0.2) is 4.99 Å². The number of nitrogens with one attached hydrogen (secondary N) is 2. The highest BCUT2D eigenvalue weighted by Crippen LogP contribution is 1.94. The third-order valence-corrected chi connectivity index (χ3v) is 2.48. The second kappa shape index (κ2) is 9.74. The van der Waals surface area contributed by atoms with Crippen LogP contribution in [-0.2, 0) is 4.79 Å². The number of nitrogens with zero attached hydrogens (tertiary/aromatic N) is 2. The van der Waals surface area contributed by atoms with Crippen molar-refractivity contribution in [1.82, 2.24) is 15.5 Å². The van der Waals surface area contributed by atoms with Crippen LogP contribution in [0.4, 0.5) is 0 Å². The molecule has 0 fully saturated rings. The van der Waals surface area contributed by atoms with Crippen LogP contribution in [0.2, 0.25) is 0 Å². The van der Waals surface area contributed by atoms with Crippen molar-refractivity contribution >= 4 is 11.9 Å². The Balaban J connectivity index is 4.19. The van der Waals surface area contributed by atoms with Crippen LogP contribution < -0.4 is 10.6 Å². The van der Waals surface area contributed by atoms with Gasteiger partial charge in [-0.05, 0) is 34.6 Å². The maximum absolute atomic E-state index is 11.8. The SMILES string of the molecule is CCNC(=NCCC(=O)N(CC)CC)NC(C)C. The van der Waals surface area contributed by atoms with Crippen LogP contribution in [0.25, 0.3) is 0 Å². The average Bonchev–Trinajstić information content (AvgIpc) is 2.30. The smallest absolute Gasteiger partial charge is 0.224 e. The fourth-order valence-electron chi connectivity index (χ4n) is 1.59. The lowest BCUT2D eigenvalue weighted by atomic mass is 10.3. The molecule has 0 aliphatic heterocycles. The summed E-state index contributed by atoms with van der Waals surface area (Å²) in [5.41, 5.74) is 0. The van der Waals surface area contributed by atoms with E-state index in [0.29, 0.717) is 19.0 Å². The highest BCUT2D eigenvalue weighted by atomic mass is 16.2. The van der Waals surface area contributed by atoms with Crippen LogP contribution in [0.5, 0.6) is 0 Å². The molecule has 0 unspecified atom stereocenters. The molecule has 1 amide bonds. The maximum Gasteiger partial charge on any atom is 0.224 e. The highest BCUT2D eigenvalue weighted by molar-refractivity contribution is 5.81. The summed E-state index contributed by atoms with van der Waals surface area (Å²) in [7, 11) is 0. The van der Waals surface area contributed by atoms with Crippen molar-refractivity contribution in [2.75, 3.05) is 26.2 Å². The number of aliphatic imine (C=N–C) groups is 1. The molecular formula is C13H28N4O. The number of hydrogen-bond acceptors (Lipinski definition) is 2. The monoisotopic (exact) mass is 256 g/mol. The minimum Gasteiger partial charge on any atom is -0.357 e. The minimum absolute atomic E-state index is 0.171. The molecule has 0 bridgehead atoms. The summed E-state index contributed by atoms with van der Waals surface area (Å²) in [6, 6.07) is 0.335. The highest BCUT2D eigenvalue weighted by Gasteiger charge is 2.08. The van der Waals surface area contributed by atoms with Gasteiger partial charge in [-0.2, -0.15) is 0 Å². The standard InChI is InChI=1S/C13H28N4O/c1-6-14-13(16-11(4)5)15-10-9-12(18)17(7-2)8-3/h11H,6-10H2,1-5H3,(H2,14,15,16). The first-order valence-corrected chi connectivity index (χ1v) is 6.87. The zero-order chi connectivity index (χ0) is 14.0. The summed E-state index contributed by atoms with van der Waals surface area (Å²) in [4.78, 5) is 18.0. The van der Waals surface area contributed by atoms with Crippen LogP contribution in [0.1, 0.15) is 41.0 Å². The van der Waals surface area contributed by atoms with E-state index in [1.807, 2.05) is 25.7 Å². The van der Waals surface area contributed by atoms with E-state index in [4.69, 9.17) is 0 Å². The predicted molar refractivity (Wildman–Crippen MR) is 76.8 cm³/mol. The van der Waals surface area contributed by atoms with Gasteiger partial charge in [-0.25, -0.2) is 0 Å². The maximum atomic E-state index is 11.8. The number of guanidine groups is 1. The molecule has 0 aliphatic rings. The molecule has 0 aliphatic carbocycles. The van der Waals surface area contributed by atoms with Crippen molar-refractivity contribution in [3.8, 4) is 0 Å². The molecule has 0 spiro atoms. The fourth-order valence-corrected chi connectivity index (χ4v) is 1.59. The van der Waals surface area contributed by atoms with Crippen LogP contribution >= 0.6 is 0 Å². The molecule has 0 aromatic rings. The third-order valence-electron chi connectivity index (χ3n) is 2.48. The molecule has 106 valence electrons. The Morgan fingerprint density at radius 2 is 1.83 bits per heavy atom. The Morgan fingerprint density at radius 3 is 2.28 bits per heavy atom. The first-order chi connectivity index (χ1) is 8.54. The first kappa shape index (κ1) is 16.7. The van der Waals surface area contributed by atoms with Crippen molar-refractivity contribution in [1.29, 1.82) is 0 Å². The molecule has 2 N–H and O–H groups in total. The number of hydrogen-bond donors (Lipinski definition) is 2. The van der Waals surface area contributed by atoms with E-state index >= 15 is 0 Å². The Bertz CT molecular complexity index is 260. The lowest BCUT2D eigenvalue weighted by Gasteiger charge is -2.18. The second-order valence-corrected chi connectivity index (χ2v) is 4.38. The van der Waals surface area contributed by atoms with E-state index < -0.39 is 0 Å². The van der Waals surface area contributed by atoms with Crippen molar-refractivity contribution in [2.45, 2.75) is 47.1 Å². The first-order valence-electron chi connectivity index (χ1n) is 6.87.